The van der Waals surface area contributed by atoms with Gasteiger partial charge in [0.15, 0.2) is 0 Å². The van der Waals surface area contributed by atoms with Gasteiger partial charge < -0.3 is 0 Å². The zero-order chi connectivity index (χ0) is 19.8. The number of fused-ring (bicyclic) bond motifs is 1. The molecule has 3 rings (SSSR count). The molecule has 0 fully saturated rings. The molecule has 0 aliphatic heterocycles. The Bertz CT molecular complexity index is 1090. The normalized spacial score (nSPS) is 17.3. The van der Waals surface area contributed by atoms with Crippen LogP contribution in [0.15, 0.2) is 40.1 Å². The Morgan fingerprint density at radius 2 is 1.89 bits per heavy atom. The average Bonchev–Trinajstić information content (AvgIpc) is 3.02. The minimum absolute atomic E-state index is 0.325. The second-order valence-corrected chi connectivity index (χ2v) is 10.9. The standard InChI is InChI=1S/C16H19N3O5S3/c1-10-5-6-14-11(7-10)8-15(25-14)16(20)18-19-27(23,24)13-4-2-3-12(9-13)26(17,21)22/h2-4,8-10,19H,5-7H2,1H3,(H,18,20)(H2,17,21,22). The monoisotopic (exact) mass is 429 g/mol. The van der Waals surface area contributed by atoms with Crippen LogP contribution in [-0.2, 0) is 32.9 Å². The predicted molar refractivity (Wildman–Crippen MR) is 101 cm³/mol. The van der Waals surface area contributed by atoms with E-state index in [1.165, 1.54) is 29.5 Å². The van der Waals surface area contributed by atoms with Crippen molar-refractivity contribution in [1.82, 2.24) is 10.3 Å². The summed E-state index contributed by atoms with van der Waals surface area (Å²) in [6.07, 6.45) is 2.90. The summed E-state index contributed by atoms with van der Waals surface area (Å²) < 4.78 is 47.4. The van der Waals surface area contributed by atoms with Gasteiger partial charge in [0.2, 0.25) is 10.0 Å². The highest BCUT2D eigenvalue weighted by Crippen LogP contribution is 2.32. The van der Waals surface area contributed by atoms with E-state index in [1.54, 1.807) is 6.07 Å². The average molecular weight is 430 g/mol. The minimum atomic E-state index is -4.15. The summed E-state index contributed by atoms with van der Waals surface area (Å²) >= 11 is 1.35. The quantitative estimate of drug-likeness (QED) is 0.613. The first-order valence-corrected chi connectivity index (χ1v) is 12.0. The second-order valence-electron chi connectivity index (χ2n) is 6.49. The van der Waals surface area contributed by atoms with Gasteiger partial charge in [-0.2, -0.15) is 0 Å². The Morgan fingerprint density at radius 1 is 1.19 bits per heavy atom. The molecule has 0 radical (unpaired) electrons. The van der Waals surface area contributed by atoms with Crippen molar-refractivity contribution in [3.63, 3.8) is 0 Å². The molecule has 1 atom stereocenters. The number of aryl methyl sites for hydroxylation is 1. The summed E-state index contributed by atoms with van der Waals surface area (Å²) in [4.78, 5) is 15.2. The van der Waals surface area contributed by atoms with Crippen molar-refractivity contribution in [3.8, 4) is 0 Å². The van der Waals surface area contributed by atoms with Crippen LogP contribution in [0.4, 0.5) is 0 Å². The van der Waals surface area contributed by atoms with Gasteiger partial charge >= 0.3 is 0 Å². The first kappa shape index (κ1) is 20.0. The lowest BCUT2D eigenvalue weighted by molar-refractivity contribution is 0.0949. The Morgan fingerprint density at radius 3 is 2.59 bits per heavy atom. The molecule has 1 aromatic carbocycles. The molecule has 0 bridgehead atoms. The fraction of sp³-hybridized carbons (Fsp3) is 0.312. The number of rotatable bonds is 5. The van der Waals surface area contributed by atoms with Crippen molar-refractivity contribution in [2.24, 2.45) is 11.1 Å². The zero-order valence-electron chi connectivity index (χ0n) is 14.4. The van der Waals surface area contributed by atoms with Crippen LogP contribution >= 0.6 is 11.3 Å². The third kappa shape index (κ3) is 4.55. The van der Waals surface area contributed by atoms with Crippen LogP contribution in [0.25, 0.3) is 0 Å². The number of thiophene rings is 1. The van der Waals surface area contributed by atoms with Gasteiger partial charge in [0.1, 0.15) is 0 Å². The molecule has 1 heterocycles. The van der Waals surface area contributed by atoms with Crippen molar-refractivity contribution < 1.29 is 21.6 Å². The highest BCUT2D eigenvalue weighted by Gasteiger charge is 2.22. The molecule has 8 nitrogen and oxygen atoms in total. The van der Waals surface area contributed by atoms with E-state index in [-0.39, 0.29) is 9.79 Å². The lowest BCUT2D eigenvalue weighted by Crippen LogP contribution is -2.41. The lowest BCUT2D eigenvalue weighted by Gasteiger charge is -2.16. The number of nitrogens with one attached hydrogen (secondary N) is 2. The molecule has 4 N–H and O–H groups in total. The Kier molecular flexibility index (Phi) is 5.41. The van der Waals surface area contributed by atoms with E-state index in [0.717, 1.165) is 35.8 Å². The van der Waals surface area contributed by atoms with E-state index in [2.05, 4.69) is 12.3 Å². The Hall–Kier alpha value is -1.79. The molecule has 0 saturated heterocycles. The first-order chi connectivity index (χ1) is 12.6. The predicted octanol–water partition coefficient (Wildman–Crippen LogP) is 1.14. The molecule has 1 aliphatic rings. The maximum Gasteiger partial charge on any atom is 0.276 e. The van der Waals surface area contributed by atoms with E-state index in [0.29, 0.717) is 10.8 Å². The number of amides is 1. The van der Waals surface area contributed by atoms with Crippen molar-refractivity contribution in [2.75, 3.05) is 0 Å². The smallest absolute Gasteiger partial charge is 0.273 e. The van der Waals surface area contributed by atoms with Crippen LogP contribution in [0.3, 0.4) is 0 Å². The van der Waals surface area contributed by atoms with Crippen molar-refractivity contribution in [2.45, 2.75) is 36.0 Å². The highest BCUT2D eigenvalue weighted by molar-refractivity contribution is 7.90. The number of carbonyl (C=O) groups is 1. The first-order valence-electron chi connectivity index (χ1n) is 8.13. The molecular weight excluding hydrogens is 410 g/mol. The highest BCUT2D eigenvalue weighted by atomic mass is 32.2. The van der Waals surface area contributed by atoms with E-state index >= 15 is 0 Å². The van der Waals surface area contributed by atoms with Gasteiger partial charge in [-0.1, -0.05) is 13.0 Å². The van der Waals surface area contributed by atoms with E-state index < -0.39 is 26.0 Å². The molecule has 1 aromatic heterocycles. The number of primary sulfonamides is 1. The second kappa shape index (κ2) is 7.32. The molecule has 146 valence electrons. The summed E-state index contributed by atoms with van der Waals surface area (Å²) in [5, 5.41) is 5.01. The Balaban J connectivity index is 1.73. The summed E-state index contributed by atoms with van der Waals surface area (Å²) in [7, 11) is -8.20. The van der Waals surface area contributed by atoms with Gasteiger partial charge in [-0.25, -0.2) is 22.0 Å². The number of hydrogen-bond donors (Lipinski definition) is 3. The SMILES string of the molecule is CC1CCc2sc(C(=O)NNS(=O)(=O)c3cccc(S(N)(=O)=O)c3)cc2C1. The summed E-state index contributed by atoms with van der Waals surface area (Å²) in [5.41, 5.74) is 3.30. The van der Waals surface area contributed by atoms with Gasteiger partial charge in [0.05, 0.1) is 14.7 Å². The van der Waals surface area contributed by atoms with Crippen molar-refractivity contribution in [3.05, 3.63) is 45.6 Å². The lowest BCUT2D eigenvalue weighted by atomic mass is 9.90. The van der Waals surface area contributed by atoms with Gasteiger partial charge in [-0.3, -0.25) is 10.2 Å². The molecule has 1 unspecified atom stereocenters. The number of benzene rings is 1. The maximum atomic E-state index is 12.3. The third-order valence-corrected chi connectivity index (χ3v) is 7.69. The van der Waals surface area contributed by atoms with Crippen LogP contribution in [0.2, 0.25) is 0 Å². The van der Waals surface area contributed by atoms with E-state index in [4.69, 9.17) is 5.14 Å². The maximum absolute atomic E-state index is 12.3. The molecule has 1 amide bonds. The van der Waals surface area contributed by atoms with Crippen molar-refractivity contribution >= 4 is 37.3 Å². The van der Waals surface area contributed by atoms with Crippen LogP contribution < -0.4 is 15.4 Å². The largest absolute Gasteiger partial charge is 0.276 e. The zero-order valence-corrected chi connectivity index (χ0v) is 16.9. The number of nitrogens with two attached hydrogens (primary N) is 1. The number of sulfonamides is 2. The molecular formula is C16H19N3O5S3. The topological polar surface area (TPSA) is 135 Å². The summed E-state index contributed by atoms with van der Waals surface area (Å²) in [6.45, 7) is 2.16. The van der Waals surface area contributed by atoms with Gasteiger partial charge in [0.25, 0.3) is 15.9 Å². The van der Waals surface area contributed by atoms with E-state index in [9.17, 15) is 21.6 Å². The van der Waals surface area contributed by atoms with Gasteiger partial charge in [-0.05, 0) is 55.0 Å². The van der Waals surface area contributed by atoms with Gasteiger partial charge in [0, 0.05) is 4.88 Å². The van der Waals surface area contributed by atoms with Crippen molar-refractivity contribution in [1.29, 1.82) is 0 Å². The van der Waals surface area contributed by atoms with E-state index in [1.807, 2.05) is 4.83 Å². The molecule has 2 aromatic rings. The summed E-state index contributed by atoms with van der Waals surface area (Å²) in [6, 6.07) is 6.36. The number of hydrazine groups is 1. The fourth-order valence-electron chi connectivity index (χ4n) is 2.87. The molecule has 0 saturated carbocycles. The van der Waals surface area contributed by atoms with Crippen LogP contribution in [-0.4, -0.2) is 22.7 Å². The number of hydrogen-bond acceptors (Lipinski definition) is 6. The Labute approximate surface area is 161 Å². The summed E-state index contributed by atoms with van der Waals surface area (Å²) in [5.74, 6) is 0.000781. The molecule has 1 aliphatic carbocycles. The van der Waals surface area contributed by atoms with Gasteiger partial charge in [-0.15, -0.1) is 16.2 Å². The molecule has 27 heavy (non-hydrogen) atoms. The molecule has 0 spiro atoms. The number of carbonyl (C=O) groups excluding carboxylic acids is 1. The van der Waals surface area contributed by atoms with Crippen LogP contribution in [0, 0.1) is 5.92 Å². The van der Waals surface area contributed by atoms with Crippen LogP contribution in [0.5, 0.6) is 0 Å². The van der Waals surface area contributed by atoms with Crippen LogP contribution in [0.1, 0.15) is 33.5 Å². The third-order valence-electron chi connectivity index (χ3n) is 4.30. The molecule has 11 heteroatoms. The fourth-order valence-corrected chi connectivity index (χ4v) is 5.49. The minimum Gasteiger partial charge on any atom is -0.273 e.